The van der Waals surface area contributed by atoms with Crippen LogP contribution in [0.1, 0.15) is 163 Å². The van der Waals surface area contributed by atoms with Crippen molar-refractivity contribution >= 4 is 108 Å². The smallest absolute Gasteiger partial charge is 0.488 e. The number of ether oxygens (including phenoxy) is 11. The van der Waals surface area contributed by atoms with Gasteiger partial charge in [-0.2, -0.15) is 5.26 Å². The molecular formula is C113H118BBr3ClN9O23. The predicted molar refractivity (Wildman–Crippen MR) is 587 cm³/mol. The number of nitrogens with zero attached hydrogens (tertiary/aromatic N) is 4. The van der Waals surface area contributed by atoms with E-state index in [1.807, 2.05) is 249 Å². The molecule has 3 aromatic heterocycles. The van der Waals surface area contributed by atoms with E-state index in [4.69, 9.17) is 83.7 Å². The van der Waals surface area contributed by atoms with Gasteiger partial charge in [0.1, 0.15) is 82.8 Å². The number of carboxylic acid groups (broad SMARTS) is 1. The molecule has 0 saturated carbocycles. The molecule has 0 bridgehead atoms. The van der Waals surface area contributed by atoms with E-state index in [9.17, 15) is 43.5 Å². The van der Waals surface area contributed by atoms with Crippen LogP contribution in [0.25, 0.3) is 22.3 Å². The molecule has 14 rings (SSSR count). The number of nitrogens with two attached hydrogens (primary N) is 1. The van der Waals surface area contributed by atoms with Crippen LogP contribution in [-0.4, -0.2) is 145 Å². The lowest BCUT2D eigenvalue weighted by Gasteiger charge is -2.20. The van der Waals surface area contributed by atoms with Crippen molar-refractivity contribution in [3.63, 3.8) is 0 Å². The van der Waals surface area contributed by atoms with Crippen LogP contribution in [0.15, 0.2) is 313 Å². The van der Waals surface area contributed by atoms with E-state index in [-0.39, 0.29) is 91.8 Å². The Morgan fingerprint density at radius 3 is 1.03 bits per heavy atom. The molecule has 32 nitrogen and oxygen atoms in total. The van der Waals surface area contributed by atoms with Crippen LogP contribution in [0.4, 0.5) is 0 Å². The highest BCUT2D eigenvalue weighted by atomic mass is 79.9. The third-order valence-electron chi connectivity index (χ3n) is 20.2. The SMILES string of the molecule is CC(=O)/C=C(\O)C(=O)OC(C)(C)C.COc1ccc(-c2ccccc2)c(Cc2nc(C(=O)O)c(OCc3ccccc3)c(=O)[nH]2)c1.COc1ccc(-c2ccccc2)c(Cc2nc(C(=O)OC(C)(C)C)c(OCc3ccccc3)c(=O)[nH]2)c1.COc1ccc(Br)c(CC#N)c1.COc1ccc(Br)c(CC(=N)N)c1.COc1ccc(Br)c(Cc2nc(C(=O)OC(C)(C)C)c(OCc3ccccc3)c(=O)[nH]2)c1.Cl.OB(O)c1ccccc1. The number of aliphatic hydroxyl groups is 1. The number of aromatic nitrogens is 6. The van der Waals surface area contributed by atoms with Crippen molar-refractivity contribution in [2.24, 2.45) is 5.73 Å². The molecular weight excluding hydrogens is 2140 g/mol. The zero-order valence-electron chi connectivity index (χ0n) is 85.2. The second-order valence-electron chi connectivity index (χ2n) is 35.3. The van der Waals surface area contributed by atoms with E-state index < -0.39 is 81.7 Å². The summed E-state index contributed by atoms with van der Waals surface area (Å²) in [6, 6.07) is 86.4. The van der Waals surface area contributed by atoms with E-state index in [1.165, 1.54) is 6.92 Å². The number of rotatable bonds is 31. The number of allylic oxidation sites excluding steroid dienone is 1. The van der Waals surface area contributed by atoms with Gasteiger partial charge in [-0.05, 0) is 220 Å². The van der Waals surface area contributed by atoms with Gasteiger partial charge in [0.25, 0.3) is 16.7 Å². The summed E-state index contributed by atoms with van der Waals surface area (Å²) in [6.45, 7) is 17.0. The monoisotopic (exact) mass is 2250 g/mol. The zero-order valence-corrected chi connectivity index (χ0v) is 90.8. The van der Waals surface area contributed by atoms with Gasteiger partial charge in [0.05, 0.1) is 53.9 Å². The molecule has 0 atom stereocenters. The Labute approximate surface area is 900 Å². The number of aromatic carboxylic acids is 1. The number of hydrogen-bond acceptors (Lipinski definition) is 27. The number of aromatic amines is 3. The van der Waals surface area contributed by atoms with Gasteiger partial charge in [-0.1, -0.05) is 242 Å². The quantitative estimate of drug-likeness (QED) is 0.00370. The molecule has 14 aromatic rings. The number of nitriles is 1. The van der Waals surface area contributed by atoms with Crippen molar-refractivity contribution < 1.29 is 96.3 Å². The maximum atomic E-state index is 13.2. The normalized spacial score (nSPS) is 10.6. The Morgan fingerprint density at radius 2 is 0.713 bits per heavy atom. The van der Waals surface area contributed by atoms with Crippen molar-refractivity contribution in [1.82, 2.24) is 29.9 Å². The maximum Gasteiger partial charge on any atom is 0.488 e. The maximum absolute atomic E-state index is 13.2. The number of benzene rings is 11. The molecule has 10 N–H and O–H groups in total. The van der Waals surface area contributed by atoms with E-state index in [2.05, 4.69) is 83.8 Å². The summed E-state index contributed by atoms with van der Waals surface area (Å²) >= 11 is 10.2. The Kier molecular flexibility index (Phi) is 48.4. The first kappa shape index (κ1) is 121. The fraction of sp³-hybridized carbons (Fsp3) is 0.230. The van der Waals surface area contributed by atoms with Crippen LogP contribution < -0.4 is 65.8 Å². The van der Waals surface area contributed by atoms with Gasteiger partial charge >= 0.3 is 31.0 Å². The lowest BCUT2D eigenvalue weighted by molar-refractivity contribution is -0.153. The molecule has 0 aliphatic heterocycles. The molecule has 0 aliphatic carbocycles. The van der Waals surface area contributed by atoms with Crippen LogP contribution in [0.2, 0.25) is 0 Å². The van der Waals surface area contributed by atoms with Crippen molar-refractivity contribution in [1.29, 1.82) is 10.7 Å². The standard InChI is InChI=1S/C30H30N2O5.C26H22N2O5.C24H25BrN2O5.C9H11BrN2O.C9H8BrNO.C9H14O4.C6H7BO2.ClH/c1-30(2,3)37-29(34)26-27(36-19-20-11-7-5-8-12-20)28(33)32-25(31-26)18-22-17-23(35-4)15-16-24(22)21-13-9-6-10-14-21;1-32-20-12-13-21(18-10-6-3-7-11-18)19(14-20)15-22-27-23(26(30)31)24(25(29)28-22)33-16-17-8-4-2-5-9-17;1-24(2,3)32-23(29)20-21(31-14-15-8-6-5-7-9-15)22(28)27-19(26-20)13-16-12-17(30-4)10-11-18(16)25;1-13-7-2-3-8(10)6(4-7)5-9(11)12;1-12-8-2-3-9(10)7(6-8)4-5-11;1-6(10)5-7(11)8(12)13-9(2,3)4;8-7(9)6-4-2-1-3-5-6;/h5-17H,18-19H2,1-4H3,(H,31,32,33);2-14H,15-16H2,1H3,(H,30,31)(H,27,28,29);5-12H,13-14H2,1-4H3,(H,26,27,28);2-4H,5H2,1H3,(H3,11,12);2-3,6H,4H2,1H3;5,11H,1-4H3;1-5,8-9H;1H/b;;;;;7-5-;;. The molecule has 11 aromatic carbocycles. The molecule has 784 valence electrons. The number of aliphatic hydroxyl groups excluding tert-OH is 1. The molecule has 37 heteroatoms. The van der Waals surface area contributed by atoms with Crippen LogP contribution in [0.3, 0.4) is 0 Å². The van der Waals surface area contributed by atoms with E-state index in [0.29, 0.717) is 47.2 Å². The van der Waals surface area contributed by atoms with Crippen LogP contribution in [0, 0.1) is 16.7 Å². The first-order valence-electron chi connectivity index (χ1n) is 46.1. The fourth-order valence-corrected chi connectivity index (χ4v) is 14.6. The van der Waals surface area contributed by atoms with E-state index in [1.54, 1.807) is 122 Å². The first-order valence-corrected chi connectivity index (χ1v) is 48.5. The van der Waals surface area contributed by atoms with Crippen LogP contribution in [0.5, 0.6) is 46.0 Å². The summed E-state index contributed by atoms with van der Waals surface area (Å²) in [6.07, 6.45) is 2.40. The second-order valence-corrected chi connectivity index (χ2v) is 37.9. The lowest BCUT2D eigenvalue weighted by atomic mass is 9.81. The summed E-state index contributed by atoms with van der Waals surface area (Å²) in [5.74, 6) is -0.869. The minimum absolute atomic E-state index is 0. The number of nitrogens with one attached hydrogen (secondary N) is 4. The number of esters is 3. The minimum atomic E-state index is -1.34. The van der Waals surface area contributed by atoms with Gasteiger partial charge in [-0.15, -0.1) is 12.4 Å². The van der Waals surface area contributed by atoms with Crippen molar-refractivity contribution in [2.75, 3.05) is 35.5 Å². The number of carbonyl (C=O) groups excluding carboxylic acids is 4. The largest absolute Gasteiger partial charge is 0.502 e. The lowest BCUT2D eigenvalue weighted by Crippen LogP contribution is -2.29. The minimum Gasteiger partial charge on any atom is -0.502 e. The van der Waals surface area contributed by atoms with Crippen molar-refractivity contribution in [2.45, 2.75) is 138 Å². The van der Waals surface area contributed by atoms with Crippen molar-refractivity contribution in [3.05, 3.63) is 408 Å². The number of carboxylic acids is 1. The molecule has 3 heterocycles. The number of H-pyrrole nitrogens is 3. The van der Waals surface area contributed by atoms with Gasteiger partial charge in [-0.3, -0.25) is 24.6 Å². The van der Waals surface area contributed by atoms with Crippen LogP contribution >= 0.6 is 60.2 Å². The number of methoxy groups -OCH3 is 5. The van der Waals surface area contributed by atoms with Gasteiger partial charge in [0.15, 0.2) is 22.9 Å². The number of carbonyl (C=O) groups is 5. The van der Waals surface area contributed by atoms with Gasteiger partial charge in [-0.25, -0.2) is 34.1 Å². The number of ketones is 1. The van der Waals surface area contributed by atoms with Crippen molar-refractivity contribution in [3.8, 4) is 74.3 Å². The molecule has 0 amide bonds. The highest BCUT2D eigenvalue weighted by Crippen LogP contribution is 2.34. The van der Waals surface area contributed by atoms with Crippen LogP contribution in [-0.2, 0) is 75.7 Å². The van der Waals surface area contributed by atoms with Gasteiger partial charge in [0, 0.05) is 45.2 Å². The number of halogens is 4. The highest BCUT2D eigenvalue weighted by Gasteiger charge is 2.30. The molecule has 0 fully saturated rings. The molecule has 0 saturated heterocycles. The van der Waals surface area contributed by atoms with Gasteiger partial charge < -0.3 is 93.1 Å². The average molecular weight is 2260 g/mol. The van der Waals surface area contributed by atoms with Gasteiger partial charge in [0.2, 0.25) is 23.0 Å². The topological polar surface area (TPSA) is 479 Å². The van der Waals surface area contributed by atoms with E-state index in [0.717, 1.165) is 97.8 Å². The molecule has 0 aliphatic rings. The molecule has 0 unspecified atom stereocenters. The second kappa shape index (κ2) is 59.9. The third-order valence-corrected chi connectivity index (χ3v) is 22.5. The predicted octanol–water partition coefficient (Wildman–Crippen LogP) is 20.2. The molecule has 0 radical (unpaired) electrons. The summed E-state index contributed by atoms with van der Waals surface area (Å²) in [4.78, 5) is 119. The summed E-state index contributed by atoms with van der Waals surface area (Å²) < 4.78 is 61.7. The van der Waals surface area contributed by atoms with E-state index >= 15 is 0 Å². The Morgan fingerprint density at radius 1 is 0.420 bits per heavy atom. The fourth-order valence-electron chi connectivity index (χ4n) is 13.4. The number of amidine groups is 1. The Balaban J connectivity index is 0.000000250. The summed E-state index contributed by atoms with van der Waals surface area (Å²) in [5.41, 5.74) is 12.0. The number of hydrogen-bond donors (Lipinski definition) is 9. The summed E-state index contributed by atoms with van der Waals surface area (Å²) in [5, 5.41) is 51.5. The highest BCUT2D eigenvalue weighted by molar-refractivity contribution is 9.11. The Bertz CT molecular complexity index is 7110. The zero-order chi connectivity index (χ0) is 109. The molecule has 150 heavy (non-hydrogen) atoms. The first-order chi connectivity index (χ1) is 70.9. The summed E-state index contributed by atoms with van der Waals surface area (Å²) in [7, 11) is 6.63. The molecule has 0 spiro atoms. The third kappa shape index (κ3) is 40.8. The average Bonchev–Trinajstić information content (AvgIpc) is 0.802. The Hall–Kier alpha value is -15.8.